The second kappa shape index (κ2) is 7.14. The van der Waals surface area contributed by atoms with Gasteiger partial charge >= 0.3 is 0 Å². The fraction of sp³-hybridized carbons (Fsp3) is 0.353. The van der Waals surface area contributed by atoms with Crippen LogP contribution in [0.5, 0.6) is 0 Å². The van der Waals surface area contributed by atoms with Gasteiger partial charge in [-0.25, -0.2) is 0 Å². The van der Waals surface area contributed by atoms with E-state index in [1.807, 2.05) is 35.7 Å². The first kappa shape index (κ1) is 17.3. The van der Waals surface area contributed by atoms with Crippen LogP contribution in [0.1, 0.15) is 23.2 Å². The Labute approximate surface area is 147 Å². The first-order valence-corrected chi connectivity index (χ1v) is 10.6. The maximum atomic E-state index is 12.6. The molecule has 0 saturated carbocycles. The summed E-state index contributed by atoms with van der Waals surface area (Å²) in [5.41, 5.74) is 1.78. The third kappa shape index (κ3) is 4.30. The SMILES string of the molecule is C[S+](=O)([O-])NC1CCN(C(=O)c2ccc(-c3cccs3)cc2)CC1. The average Bonchev–Trinajstić information content (AvgIpc) is 3.08. The van der Waals surface area contributed by atoms with E-state index in [9.17, 15) is 13.6 Å². The zero-order valence-corrected chi connectivity index (χ0v) is 15.1. The molecule has 128 valence electrons. The highest BCUT2D eigenvalue weighted by atomic mass is 32.3. The van der Waals surface area contributed by atoms with Crippen molar-refractivity contribution in [1.29, 1.82) is 0 Å². The van der Waals surface area contributed by atoms with Gasteiger partial charge in [0, 0.05) is 23.5 Å². The van der Waals surface area contributed by atoms with Crippen molar-refractivity contribution in [3.63, 3.8) is 0 Å². The van der Waals surface area contributed by atoms with Gasteiger partial charge < -0.3 is 9.45 Å². The summed E-state index contributed by atoms with van der Waals surface area (Å²) in [6.07, 6.45) is 2.46. The summed E-state index contributed by atoms with van der Waals surface area (Å²) in [6.45, 7) is 1.14. The Morgan fingerprint density at radius 1 is 1.25 bits per heavy atom. The average molecular weight is 364 g/mol. The number of nitrogens with zero attached hydrogens (tertiary/aromatic N) is 1. The van der Waals surface area contributed by atoms with Gasteiger partial charge in [0.05, 0.1) is 6.04 Å². The number of benzene rings is 1. The lowest BCUT2D eigenvalue weighted by Crippen LogP contribution is -2.47. The molecule has 1 saturated heterocycles. The number of carbonyl (C=O) groups is 1. The minimum Gasteiger partial charge on any atom is -0.598 e. The van der Waals surface area contributed by atoms with Gasteiger partial charge in [-0.2, -0.15) is 0 Å². The molecule has 24 heavy (non-hydrogen) atoms. The van der Waals surface area contributed by atoms with E-state index in [0.29, 0.717) is 31.5 Å². The topological polar surface area (TPSA) is 72.5 Å². The molecule has 7 heteroatoms. The molecule has 1 N–H and O–H groups in total. The molecule has 1 amide bonds. The fourth-order valence-electron chi connectivity index (χ4n) is 2.91. The van der Waals surface area contributed by atoms with Crippen molar-refractivity contribution in [2.45, 2.75) is 18.9 Å². The van der Waals surface area contributed by atoms with Crippen LogP contribution in [0, 0.1) is 0 Å². The van der Waals surface area contributed by atoms with Crippen LogP contribution >= 0.6 is 11.3 Å². The number of carbonyl (C=O) groups excluding carboxylic acids is 1. The molecule has 5 nitrogen and oxygen atoms in total. The Bertz CT molecular complexity index is 730. The molecular weight excluding hydrogens is 344 g/mol. The van der Waals surface area contributed by atoms with E-state index in [4.69, 9.17) is 0 Å². The minimum atomic E-state index is -3.19. The summed E-state index contributed by atoms with van der Waals surface area (Å²) in [5.74, 6) is 0.00513. The molecule has 0 bridgehead atoms. The smallest absolute Gasteiger partial charge is 0.253 e. The molecule has 1 atom stereocenters. The summed E-state index contributed by atoms with van der Waals surface area (Å²) >= 11 is 1.67. The molecule has 0 spiro atoms. The summed E-state index contributed by atoms with van der Waals surface area (Å²) in [6, 6.07) is 11.6. The second-order valence-electron chi connectivity index (χ2n) is 6.01. The van der Waals surface area contributed by atoms with E-state index in [1.54, 1.807) is 16.2 Å². The highest BCUT2D eigenvalue weighted by Crippen LogP contribution is 2.25. The van der Waals surface area contributed by atoms with Gasteiger partial charge in [-0.3, -0.25) is 4.79 Å². The number of hydrogen-bond acceptors (Lipinski definition) is 4. The number of amides is 1. The molecule has 1 aliphatic heterocycles. The van der Waals surface area contributed by atoms with Crippen LogP contribution in [0.4, 0.5) is 0 Å². The molecule has 0 aliphatic carbocycles. The number of likely N-dealkylation sites (tertiary alicyclic amines) is 1. The first-order chi connectivity index (χ1) is 11.4. The van der Waals surface area contributed by atoms with Gasteiger partial charge in [-0.05, 0) is 42.0 Å². The largest absolute Gasteiger partial charge is 0.598 e. The van der Waals surface area contributed by atoms with Gasteiger partial charge in [0.2, 0.25) is 0 Å². The molecule has 1 fully saturated rings. The first-order valence-electron chi connectivity index (χ1n) is 7.83. The highest BCUT2D eigenvalue weighted by Gasteiger charge is 2.26. The van der Waals surface area contributed by atoms with Crippen molar-refractivity contribution >= 4 is 27.6 Å². The fourth-order valence-corrected chi connectivity index (χ4v) is 4.48. The third-order valence-corrected chi connectivity index (χ3v) is 5.78. The maximum Gasteiger partial charge on any atom is 0.253 e. The summed E-state index contributed by atoms with van der Waals surface area (Å²) in [5, 5.41) is 2.03. The van der Waals surface area contributed by atoms with Crippen LogP contribution < -0.4 is 4.72 Å². The number of sulfonamides is 1. The maximum absolute atomic E-state index is 12.6. The van der Waals surface area contributed by atoms with Crippen molar-refractivity contribution < 1.29 is 13.6 Å². The van der Waals surface area contributed by atoms with E-state index < -0.39 is 10.4 Å². The number of thiophene rings is 1. The summed E-state index contributed by atoms with van der Waals surface area (Å²) in [4.78, 5) is 15.6. The molecule has 2 heterocycles. The van der Waals surface area contributed by atoms with E-state index in [2.05, 4.69) is 10.8 Å². The van der Waals surface area contributed by atoms with Gasteiger partial charge in [-0.1, -0.05) is 22.4 Å². The van der Waals surface area contributed by atoms with E-state index in [1.165, 1.54) is 11.1 Å². The summed E-state index contributed by atoms with van der Waals surface area (Å²) in [7, 11) is -3.19. The predicted molar refractivity (Wildman–Crippen MR) is 96.6 cm³/mol. The zero-order chi connectivity index (χ0) is 17.2. The van der Waals surface area contributed by atoms with Gasteiger partial charge in [0.25, 0.3) is 5.91 Å². The standard InChI is InChI=1S/C17H20N2O3S2/c1-24(21,22)18-15-8-10-19(11-9-15)17(20)14-6-4-13(5-7-14)16-3-2-12-23-16/h2-7,12,15H,8-11H2,1H3,(H-,18,21,22). The monoisotopic (exact) mass is 364 g/mol. The van der Waals surface area contributed by atoms with Crippen molar-refractivity contribution in [2.75, 3.05) is 19.3 Å². The Balaban J connectivity index is 1.60. The van der Waals surface area contributed by atoms with Crippen LogP contribution in [0.15, 0.2) is 41.8 Å². The number of rotatable bonds is 4. The van der Waals surface area contributed by atoms with E-state index in [0.717, 1.165) is 5.56 Å². The van der Waals surface area contributed by atoms with E-state index in [-0.39, 0.29) is 11.9 Å². The van der Waals surface area contributed by atoms with Crippen molar-refractivity contribution in [1.82, 2.24) is 9.62 Å². The van der Waals surface area contributed by atoms with Gasteiger partial charge in [0.15, 0.2) is 0 Å². The molecule has 3 rings (SSSR count). The quantitative estimate of drug-likeness (QED) is 0.848. The molecular formula is C17H20N2O3S2. The Hall–Kier alpha value is -1.54. The number of nitrogens with one attached hydrogen (secondary N) is 1. The Kier molecular flexibility index (Phi) is 5.15. The van der Waals surface area contributed by atoms with Gasteiger partial charge in [-0.15, -0.1) is 16.1 Å². The van der Waals surface area contributed by atoms with Gasteiger partial charge in [0.1, 0.15) is 16.7 Å². The van der Waals surface area contributed by atoms with Crippen molar-refractivity contribution in [3.8, 4) is 10.4 Å². The molecule has 2 aromatic rings. The molecule has 1 aliphatic rings. The third-order valence-electron chi connectivity index (χ3n) is 4.10. The predicted octanol–water partition coefficient (Wildman–Crippen LogP) is 2.78. The lowest BCUT2D eigenvalue weighted by molar-refractivity contribution is 0.0711. The second-order valence-corrected chi connectivity index (χ2v) is 8.74. The Morgan fingerprint density at radius 2 is 1.92 bits per heavy atom. The minimum absolute atomic E-state index is 0.00513. The van der Waals surface area contributed by atoms with E-state index >= 15 is 0 Å². The Morgan fingerprint density at radius 3 is 2.46 bits per heavy atom. The summed E-state index contributed by atoms with van der Waals surface area (Å²) < 4.78 is 25.2. The molecule has 1 aromatic carbocycles. The number of piperidine rings is 1. The number of hydrogen-bond donors (Lipinski definition) is 1. The van der Waals surface area contributed by atoms with Crippen molar-refractivity contribution in [3.05, 3.63) is 47.3 Å². The molecule has 1 unspecified atom stereocenters. The van der Waals surface area contributed by atoms with Crippen LogP contribution in [-0.2, 0) is 14.6 Å². The van der Waals surface area contributed by atoms with Crippen LogP contribution in [0.3, 0.4) is 0 Å². The van der Waals surface area contributed by atoms with Crippen LogP contribution in [0.2, 0.25) is 0 Å². The van der Waals surface area contributed by atoms with Crippen LogP contribution in [0.25, 0.3) is 10.4 Å². The zero-order valence-electron chi connectivity index (χ0n) is 13.4. The molecule has 1 aromatic heterocycles. The lowest BCUT2D eigenvalue weighted by atomic mass is 10.0. The van der Waals surface area contributed by atoms with Crippen molar-refractivity contribution in [2.24, 2.45) is 0 Å². The highest BCUT2D eigenvalue weighted by molar-refractivity contribution is 7.95. The van der Waals surface area contributed by atoms with Crippen LogP contribution in [-0.4, -0.2) is 40.7 Å². The normalized spacial score (nSPS) is 18.3. The lowest BCUT2D eigenvalue weighted by Gasteiger charge is -2.32. The molecule has 0 radical (unpaired) electrons.